The molecular weight excluding hydrogens is 366 g/mol. The Morgan fingerprint density at radius 3 is 2.50 bits per heavy atom. The number of rotatable bonds is 5. The lowest BCUT2D eigenvalue weighted by molar-refractivity contribution is 0.411. The zero-order valence-electron chi connectivity index (χ0n) is 12.6. The molecule has 0 aromatic heterocycles. The number of methoxy groups -OCH3 is 1. The van der Waals surface area contributed by atoms with Crippen LogP contribution >= 0.6 is 15.9 Å². The molecule has 0 aliphatic heterocycles. The highest BCUT2D eigenvalue weighted by molar-refractivity contribution is 9.10. The molecule has 0 heterocycles. The summed E-state index contributed by atoms with van der Waals surface area (Å²) < 4.78 is 33.7. The van der Waals surface area contributed by atoms with Gasteiger partial charge in [0.05, 0.1) is 12.0 Å². The van der Waals surface area contributed by atoms with Gasteiger partial charge in [0, 0.05) is 10.5 Å². The molecule has 6 heteroatoms. The molecule has 118 valence electrons. The van der Waals surface area contributed by atoms with Crippen molar-refractivity contribution in [3.8, 4) is 5.75 Å². The Morgan fingerprint density at radius 1 is 1.18 bits per heavy atom. The van der Waals surface area contributed by atoms with Crippen LogP contribution in [0.1, 0.15) is 24.1 Å². The highest BCUT2D eigenvalue weighted by atomic mass is 79.9. The van der Waals surface area contributed by atoms with Gasteiger partial charge in [0.15, 0.2) is 0 Å². The number of sulfonamides is 1. The van der Waals surface area contributed by atoms with Crippen molar-refractivity contribution in [2.45, 2.75) is 24.8 Å². The van der Waals surface area contributed by atoms with Crippen LogP contribution in [0, 0.1) is 6.92 Å². The SMILES string of the molecule is COc1ccc(S(=O)(=O)NC(C)c2cccc(Br)c2)cc1C. The van der Waals surface area contributed by atoms with Crippen molar-refractivity contribution in [3.63, 3.8) is 0 Å². The van der Waals surface area contributed by atoms with Crippen LogP contribution in [-0.4, -0.2) is 15.5 Å². The monoisotopic (exact) mass is 383 g/mol. The predicted octanol–water partition coefficient (Wildman–Crippen LogP) is 3.81. The van der Waals surface area contributed by atoms with E-state index in [-0.39, 0.29) is 10.9 Å². The first kappa shape index (κ1) is 17.0. The number of hydrogen-bond donors (Lipinski definition) is 1. The molecule has 0 spiro atoms. The summed E-state index contributed by atoms with van der Waals surface area (Å²) in [5.74, 6) is 0.666. The van der Waals surface area contributed by atoms with E-state index >= 15 is 0 Å². The molecule has 2 aromatic rings. The third-order valence-corrected chi connectivity index (χ3v) is 5.39. The van der Waals surface area contributed by atoms with Gasteiger partial charge in [0.1, 0.15) is 5.75 Å². The number of hydrogen-bond acceptors (Lipinski definition) is 3. The Labute approximate surface area is 139 Å². The second kappa shape index (κ2) is 6.81. The first-order chi connectivity index (χ1) is 10.3. The largest absolute Gasteiger partial charge is 0.496 e. The van der Waals surface area contributed by atoms with E-state index in [1.165, 1.54) is 0 Å². The van der Waals surface area contributed by atoms with Crippen molar-refractivity contribution in [3.05, 3.63) is 58.1 Å². The van der Waals surface area contributed by atoms with E-state index in [0.717, 1.165) is 15.6 Å². The molecule has 1 atom stereocenters. The summed E-state index contributed by atoms with van der Waals surface area (Å²) in [5, 5.41) is 0. The minimum Gasteiger partial charge on any atom is -0.496 e. The molecule has 0 radical (unpaired) electrons. The summed E-state index contributed by atoms with van der Waals surface area (Å²) in [5.41, 5.74) is 1.67. The van der Waals surface area contributed by atoms with Crippen LogP contribution in [0.25, 0.3) is 0 Å². The van der Waals surface area contributed by atoms with Crippen LogP contribution in [0.4, 0.5) is 0 Å². The maximum atomic E-state index is 12.5. The van der Waals surface area contributed by atoms with Crippen molar-refractivity contribution in [2.24, 2.45) is 0 Å². The van der Waals surface area contributed by atoms with Crippen molar-refractivity contribution in [2.75, 3.05) is 7.11 Å². The first-order valence-corrected chi connectivity index (χ1v) is 9.03. The maximum absolute atomic E-state index is 12.5. The molecule has 1 N–H and O–H groups in total. The van der Waals surface area contributed by atoms with E-state index in [1.54, 1.807) is 25.3 Å². The molecule has 22 heavy (non-hydrogen) atoms. The summed E-state index contributed by atoms with van der Waals surface area (Å²) in [6.45, 7) is 3.63. The Kier molecular flexibility index (Phi) is 5.26. The van der Waals surface area contributed by atoms with Crippen LogP contribution in [0.2, 0.25) is 0 Å². The Hall–Kier alpha value is -1.37. The minimum atomic E-state index is -3.59. The summed E-state index contributed by atoms with van der Waals surface area (Å²) in [6, 6.07) is 12.0. The normalized spacial score (nSPS) is 12.9. The van der Waals surface area contributed by atoms with E-state index in [0.29, 0.717) is 5.75 Å². The Morgan fingerprint density at radius 2 is 1.91 bits per heavy atom. The predicted molar refractivity (Wildman–Crippen MR) is 90.6 cm³/mol. The van der Waals surface area contributed by atoms with E-state index < -0.39 is 10.0 Å². The molecule has 1 unspecified atom stereocenters. The summed E-state index contributed by atoms with van der Waals surface area (Å²) >= 11 is 3.39. The number of nitrogens with one attached hydrogen (secondary N) is 1. The molecule has 0 aliphatic carbocycles. The van der Waals surface area contributed by atoms with Crippen molar-refractivity contribution in [1.29, 1.82) is 0 Å². The zero-order chi connectivity index (χ0) is 16.3. The van der Waals surface area contributed by atoms with Gasteiger partial charge in [-0.15, -0.1) is 0 Å². The molecule has 4 nitrogen and oxygen atoms in total. The quantitative estimate of drug-likeness (QED) is 0.853. The van der Waals surface area contributed by atoms with Crippen LogP contribution < -0.4 is 9.46 Å². The average Bonchev–Trinajstić information content (AvgIpc) is 2.46. The summed E-state index contributed by atoms with van der Waals surface area (Å²) in [4.78, 5) is 0.229. The second-order valence-corrected chi connectivity index (χ2v) is 7.66. The van der Waals surface area contributed by atoms with E-state index in [2.05, 4.69) is 20.7 Å². The first-order valence-electron chi connectivity index (χ1n) is 6.76. The number of benzene rings is 2. The molecule has 0 saturated carbocycles. The summed E-state index contributed by atoms with van der Waals surface area (Å²) in [6.07, 6.45) is 0. The molecular formula is C16H18BrNO3S. The number of aryl methyl sites for hydroxylation is 1. The molecule has 0 fully saturated rings. The third-order valence-electron chi connectivity index (χ3n) is 3.36. The Balaban J connectivity index is 2.25. The fourth-order valence-corrected chi connectivity index (χ4v) is 3.90. The van der Waals surface area contributed by atoms with Crippen molar-refractivity contribution in [1.82, 2.24) is 4.72 Å². The second-order valence-electron chi connectivity index (χ2n) is 5.03. The Bertz CT molecular complexity index is 775. The van der Waals surface area contributed by atoms with Gasteiger partial charge in [-0.1, -0.05) is 28.1 Å². The van der Waals surface area contributed by atoms with Crippen molar-refractivity contribution >= 4 is 26.0 Å². The lowest BCUT2D eigenvalue weighted by Gasteiger charge is -2.16. The third kappa shape index (κ3) is 3.88. The van der Waals surface area contributed by atoms with Crippen molar-refractivity contribution < 1.29 is 13.2 Å². The average molecular weight is 384 g/mol. The number of halogens is 1. The lowest BCUT2D eigenvalue weighted by Crippen LogP contribution is -2.27. The van der Waals surface area contributed by atoms with Crippen LogP contribution in [0.5, 0.6) is 5.75 Å². The van der Waals surface area contributed by atoms with Crippen LogP contribution in [0.15, 0.2) is 51.8 Å². The highest BCUT2D eigenvalue weighted by Gasteiger charge is 2.19. The van der Waals surface area contributed by atoms with Gasteiger partial charge >= 0.3 is 0 Å². The summed E-state index contributed by atoms with van der Waals surface area (Å²) in [7, 11) is -2.03. The fraction of sp³-hybridized carbons (Fsp3) is 0.250. The lowest BCUT2D eigenvalue weighted by atomic mass is 10.1. The smallest absolute Gasteiger partial charge is 0.241 e. The standard InChI is InChI=1S/C16H18BrNO3S/c1-11-9-15(7-8-16(11)21-3)22(19,20)18-12(2)13-5-4-6-14(17)10-13/h4-10,12,18H,1-3H3. The van der Waals surface area contributed by atoms with Crippen LogP contribution in [0.3, 0.4) is 0 Å². The van der Waals surface area contributed by atoms with Gasteiger partial charge in [0.25, 0.3) is 0 Å². The zero-order valence-corrected chi connectivity index (χ0v) is 15.0. The molecule has 0 aliphatic rings. The molecule has 2 aromatic carbocycles. The fourth-order valence-electron chi connectivity index (χ4n) is 2.16. The molecule has 0 amide bonds. The maximum Gasteiger partial charge on any atom is 0.241 e. The molecule has 0 saturated heterocycles. The topological polar surface area (TPSA) is 55.4 Å². The van der Waals surface area contributed by atoms with Gasteiger partial charge in [-0.2, -0.15) is 0 Å². The van der Waals surface area contributed by atoms with Gasteiger partial charge in [-0.25, -0.2) is 13.1 Å². The number of ether oxygens (including phenoxy) is 1. The van der Waals surface area contributed by atoms with Gasteiger partial charge in [-0.3, -0.25) is 0 Å². The van der Waals surface area contributed by atoms with E-state index in [4.69, 9.17) is 4.74 Å². The van der Waals surface area contributed by atoms with Crippen LogP contribution in [-0.2, 0) is 10.0 Å². The van der Waals surface area contributed by atoms with E-state index in [9.17, 15) is 8.42 Å². The van der Waals surface area contributed by atoms with E-state index in [1.807, 2.05) is 38.1 Å². The van der Waals surface area contributed by atoms with Gasteiger partial charge in [0.2, 0.25) is 10.0 Å². The minimum absolute atomic E-state index is 0.229. The highest BCUT2D eigenvalue weighted by Crippen LogP contribution is 2.24. The molecule has 2 rings (SSSR count). The van der Waals surface area contributed by atoms with Gasteiger partial charge < -0.3 is 4.74 Å². The van der Waals surface area contributed by atoms with Gasteiger partial charge in [-0.05, 0) is 55.3 Å². The molecule has 0 bridgehead atoms.